The van der Waals surface area contributed by atoms with Gasteiger partial charge in [0.25, 0.3) is 0 Å². The number of carbonyl (C=O) groups excluding carboxylic acids is 2. The molecular weight excluding hydrogens is 819 g/mol. The van der Waals surface area contributed by atoms with Crippen LogP contribution in [0.4, 0.5) is 0 Å². The van der Waals surface area contributed by atoms with Gasteiger partial charge in [-0.25, -0.2) is 0 Å². The van der Waals surface area contributed by atoms with E-state index in [4.69, 9.17) is 25.8 Å². The molecular formula is C52H64Cl2N2O6. The average Bonchev–Trinajstić information content (AvgIpc) is 3.86. The zero-order chi connectivity index (χ0) is 42.4. The molecule has 0 aromatic heterocycles. The van der Waals surface area contributed by atoms with Crippen molar-refractivity contribution in [3.8, 4) is 23.0 Å². The topological polar surface area (TPSA) is 88.5 Å². The number of aryl methyl sites for hydroxylation is 2. The molecule has 10 heteroatoms. The quantitative estimate of drug-likeness (QED) is 0.175. The highest BCUT2D eigenvalue weighted by atomic mass is 35.5. The highest BCUT2D eigenvalue weighted by Gasteiger charge is 2.48. The highest BCUT2D eigenvalue weighted by Crippen LogP contribution is 2.49. The number of halogens is 2. The van der Waals surface area contributed by atoms with Gasteiger partial charge >= 0.3 is 0 Å². The minimum atomic E-state index is -0.322. The minimum absolute atomic E-state index is 0. The molecule has 10 rings (SSSR count). The molecule has 0 radical (unpaired) electrons. The third-order valence-electron chi connectivity index (χ3n) is 14.3. The maximum Gasteiger partial charge on any atom is 0.169 e. The smallest absolute Gasteiger partial charge is 0.169 e. The average molecular weight is 884 g/mol. The Hall–Kier alpha value is -4.08. The van der Waals surface area contributed by atoms with Crippen molar-refractivity contribution in [2.75, 3.05) is 66.0 Å². The fourth-order valence-electron chi connectivity index (χ4n) is 10.8. The molecule has 6 aliphatic rings. The van der Waals surface area contributed by atoms with Gasteiger partial charge in [0.2, 0.25) is 0 Å². The number of alkyl halides is 1. The van der Waals surface area contributed by atoms with Crippen LogP contribution in [0.2, 0.25) is 0 Å². The van der Waals surface area contributed by atoms with Crippen molar-refractivity contribution in [1.29, 1.82) is 0 Å². The molecule has 0 amide bonds. The first-order valence-corrected chi connectivity index (χ1v) is 23.2. The van der Waals surface area contributed by atoms with Gasteiger partial charge in [-0.05, 0) is 197 Å². The van der Waals surface area contributed by atoms with Gasteiger partial charge in [-0.3, -0.25) is 14.5 Å². The van der Waals surface area contributed by atoms with Gasteiger partial charge in [0.15, 0.2) is 11.6 Å². The predicted octanol–water partition coefficient (Wildman–Crippen LogP) is 9.92. The van der Waals surface area contributed by atoms with E-state index in [1.54, 1.807) is 26.4 Å². The lowest BCUT2D eigenvalue weighted by Gasteiger charge is -2.33. The molecule has 1 N–H and O–H groups in total. The molecule has 2 heterocycles. The normalized spacial score (nSPS) is 22.5. The molecule has 4 aromatic rings. The van der Waals surface area contributed by atoms with Gasteiger partial charge in [0.05, 0.1) is 14.2 Å². The van der Waals surface area contributed by atoms with E-state index in [9.17, 15) is 14.7 Å². The van der Waals surface area contributed by atoms with E-state index in [0.717, 1.165) is 122 Å². The maximum absolute atomic E-state index is 13.5. The summed E-state index contributed by atoms with van der Waals surface area (Å²) >= 11 is 5.59. The van der Waals surface area contributed by atoms with Crippen molar-refractivity contribution >= 4 is 35.6 Å². The summed E-state index contributed by atoms with van der Waals surface area (Å²) in [5.41, 5.74) is 8.25. The van der Waals surface area contributed by atoms with Crippen molar-refractivity contribution in [2.24, 2.45) is 10.8 Å². The predicted molar refractivity (Wildman–Crippen MR) is 250 cm³/mol. The molecule has 2 fully saturated rings. The van der Waals surface area contributed by atoms with Gasteiger partial charge < -0.3 is 24.2 Å². The Balaban J connectivity index is 0.000000158. The number of benzene rings is 4. The van der Waals surface area contributed by atoms with Gasteiger partial charge in [-0.1, -0.05) is 25.0 Å². The van der Waals surface area contributed by atoms with Crippen LogP contribution < -0.4 is 14.2 Å². The number of rotatable bonds is 8. The van der Waals surface area contributed by atoms with Crippen LogP contribution in [0.5, 0.6) is 23.0 Å². The molecule has 0 bridgehead atoms. The molecule has 2 aliphatic heterocycles. The first kappa shape index (κ1) is 45.9. The van der Waals surface area contributed by atoms with Crippen LogP contribution in [0.1, 0.15) is 105 Å². The van der Waals surface area contributed by atoms with E-state index < -0.39 is 0 Å². The molecule has 332 valence electrons. The molecule has 62 heavy (non-hydrogen) atoms. The second kappa shape index (κ2) is 20.6. The molecule has 2 atom stereocenters. The number of hydrogen-bond donors (Lipinski definition) is 1. The Morgan fingerprint density at radius 2 is 1.02 bits per heavy atom. The first-order chi connectivity index (χ1) is 29.7. The third-order valence-corrected chi connectivity index (χ3v) is 14.4. The lowest BCUT2D eigenvalue weighted by atomic mass is 9.68. The number of phenolic OH excluding ortho intramolecular Hbond substituents is 1. The van der Waals surface area contributed by atoms with Crippen LogP contribution >= 0.6 is 24.0 Å². The Morgan fingerprint density at radius 3 is 1.53 bits per heavy atom. The monoisotopic (exact) mass is 882 g/mol. The number of ketones is 2. The zero-order valence-electron chi connectivity index (χ0n) is 36.7. The fraction of sp³-hybridized carbons (Fsp3) is 0.500. The summed E-state index contributed by atoms with van der Waals surface area (Å²) in [5, 5.41) is 9.67. The van der Waals surface area contributed by atoms with E-state index >= 15 is 0 Å². The highest BCUT2D eigenvalue weighted by molar-refractivity contribution is 6.18. The number of fused-ring (bicyclic) bond motifs is 4. The van der Waals surface area contributed by atoms with Crippen LogP contribution in [-0.4, -0.2) is 92.4 Å². The number of likely N-dealkylation sites (tertiary alicyclic amines) is 2. The SMILES string of the molecule is COc1ccc2c(c1)CCC1(Cc3ccc(O)cc3C1)C2=O.COc1ccc2c(c1)CCC1(Cc3ccc(OCCN4CCCCC4)cc3C1)C2=O.Cl.ClCCN1CCCCC1. The van der Waals surface area contributed by atoms with Crippen LogP contribution in [0, 0.1) is 10.8 Å². The first-order valence-electron chi connectivity index (χ1n) is 22.7. The summed E-state index contributed by atoms with van der Waals surface area (Å²) in [6, 6.07) is 23.5. The number of nitrogens with zero attached hydrogens (tertiary/aromatic N) is 2. The summed E-state index contributed by atoms with van der Waals surface area (Å²) in [6.45, 7) is 7.76. The Morgan fingerprint density at radius 1 is 0.565 bits per heavy atom. The van der Waals surface area contributed by atoms with Crippen LogP contribution in [-0.2, 0) is 38.5 Å². The van der Waals surface area contributed by atoms with Gasteiger partial charge in [-0.2, -0.15) is 0 Å². The molecule has 4 aromatic carbocycles. The lowest BCUT2D eigenvalue weighted by Crippen LogP contribution is -2.36. The number of aromatic hydroxyl groups is 1. The molecule has 2 spiro atoms. The van der Waals surface area contributed by atoms with Crippen molar-refractivity contribution < 1.29 is 28.9 Å². The largest absolute Gasteiger partial charge is 0.508 e. The summed E-state index contributed by atoms with van der Waals surface area (Å²) in [4.78, 5) is 31.5. The number of carbonyl (C=O) groups is 2. The number of hydrogen-bond acceptors (Lipinski definition) is 8. The second-order valence-electron chi connectivity index (χ2n) is 18.2. The summed E-state index contributed by atoms with van der Waals surface area (Å²) in [7, 11) is 3.32. The Bertz CT molecular complexity index is 2200. The summed E-state index contributed by atoms with van der Waals surface area (Å²) in [5.74, 6) is 4.20. The van der Waals surface area contributed by atoms with Crippen molar-refractivity contribution in [3.05, 3.63) is 117 Å². The summed E-state index contributed by atoms with van der Waals surface area (Å²) in [6.07, 6.45) is 14.9. The minimum Gasteiger partial charge on any atom is -0.508 e. The Kier molecular flexibility index (Phi) is 15.3. The number of methoxy groups -OCH3 is 2. The van der Waals surface area contributed by atoms with Gasteiger partial charge in [-0.15, -0.1) is 24.0 Å². The van der Waals surface area contributed by atoms with E-state index in [2.05, 4.69) is 28.0 Å². The van der Waals surface area contributed by atoms with Crippen molar-refractivity contribution in [3.63, 3.8) is 0 Å². The van der Waals surface area contributed by atoms with E-state index in [1.165, 1.54) is 81.4 Å². The zero-order valence-corrected chi connectivity index (χ0v) is 38.2. The van der Waals surface area contributed by atoms with E-state index in [1.807, 2.05) is 42.5 Å². The van der Waals surface area contributed by atoms with E-state index in [-0.39, 0.29) is 34.8 Å². The van der Waals surface area contributed by atoms with Crippen LogP contribution in [0.3, 0.4) is 0 Å². The Labute approximate surface area is 379 Å². The molecule has 8 nitrogen and oxygen atoms in total. The molecule has 2 unspecified atom stereocenters. The fourth-order valence-corrected chi connectivity index (χ4v) is 11.1. The maximum atomic E-state index is 13.5. The number of piperidine rings is 2. The number of ether oxygens (including phenoxy) is 3. The lowest BCUT2D eigenvalue weighted by molar-refractivity contribution is 0.0765. The molecule has 2 saturated heterocycles. The standard InChI is InChI=1S/C26H31NO3.C19H18O3.C7H14ClN.ClH/c1-29-22-7-8-24-19(15-22)9-10-26(25(24)28)17-20-5-6-23(16-21(20)18-26)30-14-13-27-11-3-2-4-12-27;1-22-16-4-5-17-12(9-16)6-7-19(18(17)21)10-13-2-3-15(20)8-14(13)11-19;8-4-7-9-5-2-1-3-6-9;/h5-8,15-16H,2-4,9-14,17-18H2,1H3;2-5,8-9,20H,6-7,10-11H2,1H3;1-7H2;1H. The summed E-state index contributed by atoms with van der Waals surface area (Å²) < 4.78 is 16.7. The molecule has 4 aliphatic carbocycles. The number of Topliss-reactive ketones (excluding diaryl/α,β-unsaturated/α-hetero) is 2. The van der Waals surface area contributed by atoms with Gasteiger partial charge in [0.1, 0.15) is 29.6 Å². The molecule has 0 saturated carbocycles. The van der Waals surface area contributed by atoms with Crippen LogP contribution in [0.15, 0.2) is 72.8 Å². The van der Waals surface area contributed by atoms with Crippen molar-refractivity contribution in [1.82, 2.24) is 9.80 Å². The van der Waals surface area contributed by atoms with Crippen LogP contribution in [0.25, 0.3) is 0 Å². The van der Waals surface area contributed by atoms with Gasteiger partial charge in [0, 0.05) is 40.9 Å². The third kappa shape index (κ3) is 10.1. The second-order valence-corrected chi connectivity index (χ2v) is 18.6. The van der Waals surface area contributed by atoms with E-state index in [0.29, 0.717) is 5.78 Å². The number of phenols is 1. The van der Waals surface area contributed by atoms with Crippen molar-refractivity contribution in [2.45, 2.75) is 89.9 Å².